The van der Waals surface area contributed by atoms with Crippen LogP contribution in [0.5, 0.6) is 5.88 Å². The lowest BCUT2D eigenvalue weighted by atomic mass is 10.2. The first-order valence-corrected chi connectivity index (χ1v) is 6.45. The van der Waals surface area contributed by atoms with E-state index in [0.29, 0.717) is 18.3 Å². The lowest BCUT2D eigenvalue weighted by Crippen LogP contribution is -2.02. The van der Waals surface area contributed by atoms with E-state index >= 15 is 0 Å². The molecule has 2 aromatic heterocycles. The van der Waals surface area contributed by atoms with Crippen LogP contribution in [0, 0.1) is 0 Å². The Bertz CT molecular complexity index is 696. The SMILES string of the molecule is COc1cccc(CNc2ccc(-c3nnco3)cc2)n1. The smallest absolute Gasteiger partial charge is 0.247 e. The Balaban J connectivity index is 1.65. The minimum absolute atomic E-state index is 0.510. The van der Waals surface area contributed by atoms with Crippen LogP contribution < -0.4 is 10.1 Å². The van der Waals surface area contributed by atoms with Crippen molar-refractivity contribution in [2.75, 3.05) is 12.4 Å². The summed E-state index contributed by atoms with van der Waals surface area (Å²) < 4.78 is 10.2. The second kappa shape index (κ2) is 6.04. The molecule has 1 N–H and O–H groups in total. The van der Waals surface area contributed by atoms with E-state index in [1.165, 1.54) is 6.39 Å². The highest BCUT2D eigenvalue weighted by molar-refractivity contribution is 5.58. The van der Waals surface area contributed by atoms with Crippen molar-refractivity contribution < 1.29 is 9.15 Å². The molecule has 0 radical (unpaired) electrons. The van der Waals surface area contributed by atoms with Gasteiger partial charge < -0.3 is 14.5 Å². The van der Waals surface area contributed by atoms with Crippen LogP contribution in [0.4, 0.5) is 5.69 Å². The topological polar surface area (TPSA) is 73.1 Å². The van der Waals surface area contributed by atoms with Crippen LogP contribution in [0.25, 0.3) is 11.5 Å². The van der Waals surface area contributed by atoms with Gasteiger partial charge in [0.05, 0.1) is 19.3 Å². The van der Waals surface area contributed by atoms with E-state index in [1.807, 2.05) is 42.5 Å². The predicted octanol–water partition coefficient (Wildman–Crippen LogP) is 2.75. The maximum atomic E-state index is 5.15. The number of methoxy groups -OCH3 is 1. The van der Waals surface area contributed by atoms with Crippen molar-refractivity contribution in [3.05, 3.63) is 54.6 Å². The summed E-state index contributed by atoms with van der Waals surface area (Å²) >= 11 is 0. The van der Waals surface area contributed by atoms with E-state index < -0.39 is 0 Å². The lowest BCUT2D eigenvalue weighted by molar-refractivity contribution is 0.396. The fraction of sp³-hybridized carbons (Fsp3) is 0.133. The molecule has 0 aliphatic rings. The molecule has 0 unspecified atom stereocenters. The van der Waals surface area contributed by atoms with Crippen molar-refractivity contribution in [2.45, 2.75) is 6.54 Å². The van der Waals surface area contributed by atoms with Gasteiger partial charge in [-0.05, 0) is 30.3 Å². The number of nitrogens with one attached hydrogen (secondary N) is 1. The summed E-state index contributed by atoms with van der Waals surface area (Å²) in [7, 11) is 1.61. The molecule has 0 fully saturated rings. The van der Waals surface area contributed by atoms with Crippen LogP contribution in [0.15, 0.2) is 53.3 Å². The van der Waals surface area contributed by atoms with Gasteiger partial charge in [-0.3, -0.25) is 0 Å². The second-order valence-corrected chi connectivity index (χ2v) is 4.35. The summed E-state index contributed by atoms with van der Waals surface area (Å²) in [6.07, 6.45) is 1.32. The highest BCUT2D eigenvalue weighted by Gasteiger charge is 2.03. The van der Waals surface area contributed by atoms with Gasteiger partial charge in [0.25, 0.3) is 0 Å². The Labute approximate surface area is 121 Å². The molecule has 21 heavy (non-hydrogen) atoms. The largest absolute Gasteiger partial charge is 0.481 e. The molecule has 0 aliphatic carbocycles. The molecular weight excluding hydrogens is 268 g/mol. The molecule has 0 aliphatic heterocycles. The van der Waals surface area contributed by atoms with Gasteiger partial charge in [0.15, 0.2) is 0 Å². The zero-order valence-corrected chi connectivity index (χ0v) is 11.5. The molecule has 0 amide bonds. The van der Waals surface area contributed by atoms with E-state index in [9.17, 15) is 0 Å². The number of ether oxygens (including phenoxy) is 1. The van der Waals surface area contributed by atoms with Gasteiger partial charge in [-0.1, -0.05) is 6.07 Å². The highest BCUT2D eigenvalue weighted by Crippen LogP contribution is 2.19. The van der Waals surface area contributed by atoms with Gasteiger partial charge in [-0.2, -0.15) is 0 Å². The lowest BCUT2D eigenvalue weighted by Gasteiger charge is -2.07. The first-order valence-electron chi connectivity index (χ1n) is 6.45. The third kappa shape index (κ3) is 3.17. The normalized spacial score (nSPS) is 10.3. The predicted molar refractivity (Wildman–Crippen MR) is 77.8 cm³/mol. The Morgan fingerprint density at radius 2 is 2.00 bits per heavy atom. The molecular formula is C15H14N4O2. The van der Waals surface area contributed by atoms with E-state index in [4.69, 9.17) is 9.15 Å². The molecule has 1 aromatic carbocycles. The van der Waals surface area contributed by atoms with Crippen LogP contribution in [0.1, 0.15) is 5.69 Å². The first kappa shape index (κ1) is 13.1. The molecule has 0 saturated heterocycles. The molecule has 0 atom stereocenters. The summed E-state index contributed by atoms with van der Waals surface area (Å²) in [5, 5.41) is 10.8. The van der Waals surface area contributed by atoms with Gasteiger partial charge in [0.2, 0.25) is 18.2 Å². The molecule has 106 valence electrons. The van der Waals surface area contributed by atoms with Gasteiger partial charge in [-0.25, -0.2) is 4.98 Å². The summed E-state index contributed by atoms with van der Waals surface area (Å²) in [6.45, 7) is 0.622. The minimum Gasteiger partial charge on any atom is -0.481 e. The standard InChI is InChI=1S/C15H14N4O2/c1-20-14-4-2-3-13(18-14)9-16-12-7-5-11(6-8-12)15-19-17-10-21-15/h2-8,10,16H,9H2,1H3. The summed E-state index contributed by atoms with van der Waals surface area (Å²) in [6, 6.07) is 13.5. The maximum Gasteiger partial charge on any atom is 0.247 e. The zero-order chi connectivity index (χ0) is 14.5. The molecule has 3 rings (SSSR count). The average molecular weight is 282 g/mol. The number of anilines is 1. The van der Waals surface area contributed by atoms with Crippen LogP contribution in [-0.4, -0.2) is 22.3 Å². The van der Waals surface area contributed by atoms with E-state index in [-0.39, 0.29) is 0 Å². The van der Waals surface area contributed by atoms with Gasteiger partial charge in [-0.15, -0.1) is 10.2 Å². The minimum atomic E-state index is 0.510. The Morgan fingerprint density at radius 3 is 2.71 bits per heavy atom. The van der Waals surface area contributed by atoms with Crippen molar-refractivity contribution in [1.82, 2.24) is 15.2 Å². The Morgan fingerprint density at radius 1 is 1.14 bits per heavy atom. The van der Waals surface area contributed by atoms with Gasteiger partial charge in [0, 0.05) is 17.3 Å². The van der Waals surface area contributed by atoms with Crippen molar-refractivity contribution in [2.24, 2.45) is 0 Å². The summed E-state index contributed by atoms with van der Waals surface area (Å²) in [5.41, 5.74) is 2.79. The van der Waals surface area contributed by atoms with Crippen molar-refractivity contribution in [1.29, 1.82) is 0 Å². The number of pyridine rings is 1. The number of benzene rings is 1. The van der Waals surface area contributed by atoms with Crippen molar-refractivity contribution >= 4 is 5.69 Å². The van der Waals surface area contributed by atoms with E-state index in [1.54, 1.807) is 7.11 Å². The number of hydrogen-bond acceptors (Lipinski definition) is 6. The molecule has 6 nitrogen and oxygen atoms in total. The van der Waals surface area contributed by atoms with Crippen LogP contribution in [0.3, 0.4) is 0 Å². The number of nitrogens with zero attached hydrogens (tertiary/aromatic N) is 3. The van der Waals surface area contributed by atoms with E-state index in [2.05, 4.69) is 20.5 Å². The third-order valence-electron chi connectivity index (χ3n) is 2.96. The molecule has 2 heterocycles. The van der Waals surface area contributed by atoms with E-state index in [0.717, 1.165) is 16.9 Å². The third-order valence-corrected chi connectivity index (χ3v) is 2.96. The molecule has 3 aromatic rings. The fourth-order valence-corrected chi connectivity index (χ4v) is 1.89. The van der Waals surface area contributed by atoms with Gasteiger partial charge in [0.1, 0.15) is 0 Å². The highest BCUT2D eigenvalue weighted by atomic mass is 16.5. The van der Waals surface area contributed by atoms with Crippen LogP contribution >= 0.6 is 0 Å². The quantitative estimate of drug-likeness (QED) is 0.775. The van der Waals surface area contributed by atoms with Crippen molar-refractivity contribution in [3.8, 4) is 17.3 Å². The molecule has 0 spiro atoms. The Kier molecular flexibility index (Phi) is 3.77. The fourth-order valence-electron chi connectivity index (χ4n) is 1.89. The monoisotopic (exact) mass is 282 g/mol. The Hall–Kier alpha value is -2.89. The summed E-state index contributed by atoms with van der Waals surface area (Å²) in [5.74, 6) is 1.12. The maximum absolute atomic E-state index is 5.15. The average Bonchev–Trinajstić information content (AvgIpc) is 3.08. The van der Waals surface area contributed by atoms with Crippen LogP contribution in [-0.2, 0) is 6.54 Å². The summed E-state index contributed by atoms with van der Waals surface area (Å²) in [4.78, 5) is 4.35. The first-order chi connectivity index (χ1) is 10.3. The molecule has 0 saturated carbocycles. The zero-order valence-electron chi connectivity index (χ0n) is 11.5. The van der Waals surface area contributed by atoms with Gasteiger partial charge >= 0.3 is 0 Å². The molecule has 6 heteroatoms. The second-order valence-electron chi connectivity index (χ2n) is 4.35. The van der Waals surface area contributed by atoms with Crippen LogP contribution in [0.2, 0.25) is 0 Å². The number of aromatic nitrogens is 3. The number of rotatable bonds is 5. The number of hydrogen-bond donors (Lipinski definition) is 1. The molecule has 0 bridgehead atoms. The van der Waals surface area contributed by atoms with Crippen molar-refractivity contribution in [3.63, 3.8) is 0 Å².